The third kappa shape index (κ3) is 5.10. The number of methoxy groups -OCH3 is 1. The van der Waals surface area contributed by atoms with Crippen LogP contribution in [0.1, 0.15) is 42.8 Å². The number of pyridine rings is 1. The maximum Gasteiger partial charge on any atom is 0.317 e. The Morgan fingerprint density at radius 1 is 1.22 bits per heavy atom. The summed E-state index contributed by atoms with van der Waals surface area (Å²) in [6.07, 6.45) is 4.37. The Balaban J connectivity index is 1.28. The van der Waals surface area contributed by atoms with Gasteiger partial charge in [0.25, 0.3) is 0 Å². The van der Waals surface area contributed by atoms with E-state index in [0.717, 1.165) is 31.9 Å². The number of aliphatic carboxylic acids is 1. The molecule has 0 amide bonds. The summed E-state index contributed by atoms with van der Waals surface area (Å²) in [5.41, 5.74) is 2.59. The van der Waals surface area contributed by atoms with E-state index in [9.17, 15) is 14.3 Å². The fraction of sp³-hybridized carbons (Fsp3) is 0.520. The van der Waals surface area contributed by atoms with E-state index in [1.165, 1.54) is 7.11 Å². The van der Waals surface area contributed by atoms with Crippen molar-refractivity contribution in [2.24, 2.45) is 24.8 Å². The first-order chi connectivity index (χ1) is 17.8. The Morgan fingerprint density at radius 3 is 2.81 bits per heavy atom. The molecule has 0 saturated heterocycles. The fourth-order valence-electron chi connectivity index (χ4n) is 5.49. The van der Waals surface area contributed by atoms with Crippen LogP contribution in [0.3, 0.4) is 0 Å². The van der Waals surface area contributed by atoms with Gasteiger partial charge in [0.15, 0.2) is 5.82 Å². The number of carboxylic acids is 1. The van der Waals surface area contributed by atoms with Crippen molar-refractivity contribution in [3.05, 3.63) is 41.2 Å². The molecule has 2 aliphatic carbocycles. The van der Waals surface area contributed by atoms with Gasteiger partial charge in [0, 0.05) is 14.2 Å². The molecule has 1 N–H and O–H groups in total. The van der Waals surface area contributed by atoms with Crippen LogP contribution in [0.15, 0.2) is 18.3 Å². The molecule has 12 heteroatoms. The quantitative estimate of drug-likeness (QED) is 0.456. The number of halogens is 1. The summed E-state index contributed by atoms with van der Waals surface area (Å²) in [4.78, 5) is 24.2. The number of rotatable bonds is 9. The molecular weight excluding hydrogens is 483 g/mol. The van der Waals surface area contributed by atoms with Crippen molar-refractivity contribution in [1.29, 1.82) is 0 Å². The van der Waals surface area contributed by atoms with Crippen LogP contribution in [0.4, 0.5) is 4.39 Å². The van der Waals surface area contributed by atoms with Gasteiger partial charge in [-0.3, -0.25) is 4.79 Å². The minimum Gasteiger partial charge on any atom is -0.489 e. The van der Waals surface area contributed by atoms with Crippen LogP contribution in [0.25, 0.3) is 11.4 Å². The van der Waals surface area contributed by atoms with Crippen molar-refractivity contribution in [2.75, 3.05) is 7.11 Å². The topological polar surface area (TPSA) is 134 Å². The van der Waals surface area contributed by atoms with Gasteiger partial charge in [0.05, 0.1) is 36.2 Å². The number of fused-ring (bicyclic) bond motifs is 1. The Hall–Kier alpha value is -3.67. The third-order valence-electron chi connectivity index (χ3n) is 7.32. The molecule has 2 saturated carbocycles. The van der Waals surface area contributed by atoms with Crippen molar-refractivity contribution in [1.82, 2.24) is 29.9 Å². The summed E-state index contributed by atoms with van der Waals surface area (Å²) in [7, 11) is 3.19. The van der Waals surface area contributed by atoms with Gasteiger partial charge >= 0.3 is 12.0 Å². The number of hydrogen-bond donors (Lipinski definition) is 1. The first-order valence-corrected chi connectivity index (χ1v) is 12.2. The minimum atomic E-state index is -0.694. The number of carboxylic acid groups (broad SMARTS) is 1. The molecular formula is C25H29FN6O5. The van der Waals surface area contributed by atoms with Crippen molar-refractivity contribution < 1.29 is 28.5 Å². The predicted octanol–water partition coefficient (Wildman–Crippen LogP) is 3.11. The number of nitrogens with zero attached hydrogens (tertiary/aromatic N) is 6. The fourth-order valence-corrected chi connectivity index (χ4v) is 5.49. The zero-order valence-electron chi connectivity index (χ0n) is 20.9. The molecule has 3 aromatic heterocycles. The third-order valence-corrected chi connectivity index (χ3v) is 7.32. The monoisotopic (exact) mass is 512 g/mol. The highest BCUT2D eigenvalue weighted by molar-refractivity contribution is 5.71. The number of hydrogen-bond acceptors (Lipinski definition) is 9. The molecule has 2 fully saturated rings. The van der Waals surface area contributed by atoms with E-state index in [1.807, 2.05) is 19.1 Å². The molecule has 0 bridgehead atoms. The maximum absolute atomic E-state index is 13.8. The highest BCUT2D eigenvalue weighted by Gasteiger charge is 2.47. The average Bonchev–Trinajstić information content (AvgIpc) is 3.55. The molecule has 37 heavy (non-hydrogen) atoms. The van der Waals surface area contributed by atoms with Gasteiger partial charge in [-0.15, -0.1) is 5.10 Å². The molecule has 0 aliphatic heterocycles. The normalized spacial score (nSPS) is 22.7. The van der Waals surface area contributed by atoms with Crippen LogP contribution < -0.4 is 9.47 Å². The summed E-state index contributed by atoms with van der Waals surface area (Å²) < 4.78 is 32.3. The van der Waals surface area contributed by atoms with Crippen molar-refractivity contribution in [3.8, 4) is 23.1 Å². The van der Waals surface area contributed by atoms with Gasteiger partial charge < -0.3 is 19.3 Å². The molecule has 2 aliphatic rings. The molecule has 5 rings (SSSR count). The highest BCUT2D eigenvalue weighted by Crippen LogP contribution is 2.48. The van der Waals surface area contributed by atoms with Gasteiger partial charge in [-0.05, 0) is 56.6 Å². The van der Waals surface area contributed by atoms with Crippen LogP contribution in [-0.2, 0) is 29.8 Å². The average molecular weight is 513 g/mol. The van der Waals surface area contributed by atoms with E-state index in [0.29, 0.717) is 34.4 Å². The van der Waals surface area contributed by atoms with E-state index in [1.54, 1.807) is 11.7 Å². The van der Waals surface area contributed by atoms with E-state index in [2.05, 4.69) is 20.3 Å². The van der Waals surface area contributed by atoms with Gasteiger partial charge in [0.2, 0.25) is 0 Å². The van der Waals surface area contributed by atoms with Crippen LogP contribution in [0.5, 0.6) is 11.8 Å². The van der Waals surface area contributed by atoms with Gasteiger partial charge in [-0.2, -0.15) is 4.98 Å². The summed E-state index contributed by atoms with van der Waals surface area (Å²) in [5, 5.41) is 17.8. The molecule has 3 heterocycles. The first kappa shape index (κ1) is 25.0. The van der Waals surface area contributed by atoms with Gasteiger partial charge in [-0.25, -0.2) is 19.0 Å². The number of aromatic nitrogens is 6. The van der Waals surface area contributed by atoms with E-state index in [-0.39, 0.29) is 42.9 Å². The Morgan fingerprint density at radius 2 is 2.05 bits per heavy atom. The van der Waals surface area contributed by atoms with Crippen LogP contribution in [0, 0.1) is 30.5 Å². The lowest BCUT2D eigenvalue weighted by atomic mass is 9.92. The Kier molecular flexibility index (Phi) is 7.00. The van der Waals surface area contributed by atoms with Gasteiger partial charge in [0.1, 0.15) is 29.4 Å². The zero-order valence-corrected chi connectivity index (χ0v) is 20.9. The van der Waals surface area contributed by atoms with E-state index >= 15 is 0 Å². The number of aryl methyl sites for hydroxylation is 2. The second kappa shape index (κ2) is 10.4. The van der Waals surface area contributed by atoms with E-state index < -0.39 is 11.8 Å². The lowest BCUT2D eigenvalue weighted by Gasteiger charge is -2.18. The molecule has 3 aromatic rings. The smallest absolute Gasteiger partial charge is 0.317 e. The Bertz CT molecular complexity index is 1300. The lowest BCUT2D eigenvalue weighted by molar-refractivity contribution is -0.143. The Labute approximate surface area is 213 Å². The van der Waals surface area contributed by atoms with Crippen LogP contribution >= 0.6 is 0 Å². The standard InChI is InChI=1S/C25H29FN6O5/c1-13-22(37-15-8-14-4-5-16(24(33)34)17(14)9-15)7-6-19(28-13)23-21(32(2)31-30-23)12-36-25-27-10-18(26)20(29-25)11-35-3/h6-7,10,14-17H,4-5,8-9,11-12H2,1-3H3,(H,33,34)/t14-,15-,16-,17+/m0/s1. The summed E-state index contributed by atoms with van der Waals surface area (Å²) in [6, 6.07) is 3.69. The highest BCUT2D eigenvalue weighted by atomic mass is 19.1. The molecule has 0 unspecified atom stereocenters. The summed E-state index contributed by atoms with van der Waals surface area (Å²) in [6.45, 7) is 1.92. The van der Waals surface area contributed by atoms with Crippen LogP contribution in [0.2, 0.25) is 0 Å². The SMILES string of the molecule is COCc1nc(OCc2c(-c3ccc(O[C@H]4C[C@@H]5CC[C@H](C(=O)O)[C@@H]5C4)c(C)n3)nnn2C)ncc1F. The first-order valence-electron chi connectivity index (χ1n) is 12.2. The molecule has 196 valence electrons. The minimum absolute atomic E-state index is 0.00313. The molecule has 11 nitrogen and oxygen atoms in total. The molecule has 0 spiro atoms. The zero-order chi connectivity index (χ0) is 26.1. The van der Waals surface area contributed by atoms with E-state index in [4.69, 9.17) is 19.2 Å². The van der Waals surface area contributed by atoms with Crippen LogP contribution in [-0.4, -0.2) is 54.2 Å². The van der Waals surface area contributed by atoms with Crippen molar-refractivity contribution in [3.63, 3.8) is 0 Å². The number of ether oxygens (including phenoxy) is 3. The maximum atomic E-state index is 13.8. The van der Waals surface area contributed by atoms with Crippen molar-refractivity contribution >= 4 is 5.97 Å². The summed E-state index contributed by atoms with van der Waals surface area (Å²) >= 11 is 0. The molecule has 0 aromatic carbocycles. The second-order valence-corrected chi connectivity index (χ2v) is 9.61. The van der Waals surface area contributed by atoms with Gasteiger partial charge in [-0.1, -0.05) is 5.21 Å². The van der Waals surface area contributed by atoms with Crippen molar-refractivity contribution in [2.45, 2.75) is 51.9 Å². The molecule has 4 atom stereocenters. The number of carbonyl (C=O) groups is 1. The molecule has 0 radical (unpaired) electrons. The lowest BCUT2D eigenvalue weighted by Crippen LogP contribution is -2.21. The second-order valence-electron chi connectivity index (χ2n) is 9.61. The predicted molar refractivity (Wildman–Crippen MR) is 127 cm³/mol. The summed E-state index contributed by atoms with van der Waals surface area (Å²) in [5.74, 6) is -0.247. The largest absolute Gasteiger partial charge is 0.489 e.